The Kier molecular flexibility index (Phi) is 5.43. The standard InChI is InChI=1S/C6H6.C5H9NO2/c1-2-4-6-5-3-1;7-5-6-1-3-8-4-2-6/h1-6H;5H,1-4H2. The van der Waals surface area contributed by atoms with Crippen LogP contribution in [0, 0.1) is 0 Å². The molecular weight excluding hydrogens is 178 g/mol. The highest BCUT2D eigenvalue weighted by molar-refractivity contribution is 5.46. The lowest BCUT2D eigenvalue weighted by molar-refractivity contribution is -0.121. The van der Waals surface area contributed by atoms with Crippen LogP contribution in [0.5, 0.6) is 0 Å². The highest BCUT2D eigenvalue weighted by Crippen LogP contribution is 1.90. The quantitative estimate of drug-likeness (QED) is 0.626. The zero-order valence-corrected chi connectivity index (χ0v) is 8.13. The van der Waals surface area contributed by atoms with E-state index < -0.39 is 0 Å². The SMILES string of the molecule is O=CN1CCOCC1.c1ccccc1. The molecule has 1 amide bonds. The van der Waals surface area contributed by atoms with Gasteiger partial charge in [-0.1, -0.05) is 36.4 Å². The zero-order chi connectivity index (χ0) is 10.1. The van der Waals surface area contributed by atoms with Gasteiger partial charge in [0.2, 0.25) is 6.41 Å². The van der Waals surface area contributed by atoms with Gasteiger partial charge in [0.1, 0.15) is 0 Å². The number of hydrogen-bond acceptors (Lipinski definition) is 2. The molecule has 1 fully saturated rings. The summed E-state index contributed by atoms with van der Waals surface area (Å²) in [6.07, 6.45) is 0.864. The number of carbonyl (C=O) groups is 1. The second-order valence-electron chi connectivity index (χ2n) is 2.91. The summed E-state index contributed by atoms with van der Waals surface area (Å²) >= 11 is 0. The summed E-state index contributed by atoms with van der Waals surface area (Å²) in [4.78, 5) is 11.7. The first-order valence-corrected chi connectivity index (χ1v) is 4.70. The number of rotatable bonds is 1. The molecule has 0 aliphatic carbocycles. The van der Waals surface area contributed by atoms with Crippen LogP contribution in [-0.2, 0) is 9.53 Å². The number of amides is 1. The third kappa shape index (κ3) is 4.62. The normalized spacial score (nSPS) is 15.3. The van der Waals surface area contributed by atoms with Gasteiger partial charge in [-0.05, 0) is 0 Å². The van der Waals surface area contributed by atoms with Crippen molar-refractivity contribution in [3.8, 4) is 0 Å². The maximum Gasteiger partial charge on any atom is 0.209 e. The molecule has 0 unspecified atom stereocenters. The van der Waals surface area contributed by atoms with Crippen LogP contribution in [0.1, 0.15) is 0 Å². The summed E-state index contributed by atoms with van der Waals surface area (Å²) in [5.74, 6) is 0. The molecule has 1 heterocycles. The topological polar surface area (TPSA) is 29.5 Å². The molecule has 0 aromatic heterocycles. The highest BCUT2D eigenvalue weighted by Gasteiger charge is 2.05. The van der Waals surface area contributed by atoms with Gasteiger partial charge >= 0.3 is 0 Å². The lowest BCUT2D eigenvalue weighted by Gasteiger charge is -2.21. The van der Waals surface area contributed by atoms with Gasteiger partial charge in [0, 0.05) is 13.1 Å². The van der Waals surface area contributed by atoms with Crippen molar-refractivity contribution >= 4 is 6.41 Å². The monoisotopic (exact) mass is 193 g/mol. The molecule has 0 radical (unpaired) electrons. The van der Waals surface area contributed by atoms with Crippen LogP contribution < -0.4 is 0 Å². The van der Waals surface area contributed by atoms with Crippen LogP contribution in [0.3, 0.4) is 0 Å². The van der Waals surface area contributed by atoms with E-state index in [1.807, 2.05) is 36.4 Å². The minimum Gasteiger partial charge on any atom is -0.378 e. The molecule has 14 heavy (non-hydrogen) atoms. The summed E-state index contributed by atoms with van der Waals surface area (Å²) < 4.78 is 5.00. The Morgan fingerprint density at radius 3 is 1.64 bits per heavy atom. The number of morpholine rings is 1. The highest BCUT2D eigenvalue weighted by atomic mass is 16.5. The van der Waals surface area contributed by atoms with Crippen molar-refractivity contribution < 1.29 is 9.53 Å². The molecule has 1 aliphatic rings. The van der Waals surface area contributed by atoms with E-state index in [4.69, 9.17) is 4.74 Å². The fraction of sp³-hybridized carbons (Fsp3) is 0.364. The molecule has 0 bridgehead atoms. The number of ether oxygens (including phenoxy) is 1. The van der Waals surface area contributed by atoms with Gasteiger partial charge in [-0.25, -0.2) is 0 Å². The van der Waals surface area contributed by atoms with Crippen LogP contribution in [0.15, 0.2) is 36.4 Å². The second kappa shape index (κ2) is 7.09. The second-order valence-corrected chi connectivity index (χ2v) is 2.91. The summed E-state index contributed by atoms with van der Waals surface area (Å²) in [5, 5.41) is 0. The summed E-state index contributed by atoms with van der Waals surface area (Å²) in [6, 6.07) is 12.0. The third-order valence-corrected chi connectivity index (χ3v) is 1.86. The first-order chi connectivity index (χ1) is 6.93. The molecule has 3 heteroatoms. The summed E-state index contributed by atoms with van der Waals surface area (Å²) in [6.45, 7) is 2.89. The maximum atomic E-state index is 10.0. The van der Waals surface area contributed by atoms with E-state index in [0.29, 0.717) is 13.2 Å². The van der Waals surface area contributed by atoms with Gasteiger partial charge in [-0.3, -0.25) is 4.79 Å². The molecule has 0 spiro atoms. The number of nitrogens with zero attached hydrogens (tertiary/aromatic N) is 1. The van der Waals surface area contributed by atoms with E-state index in [0.717, 1.165) is 19.5 Å². The Morgan fingerprint density at radius 2 is 1.36 bits per heavy atom. The van der Waals surface area contributed by atoms with E-state index >= 15 is 0 Å². The van der Waals surface area contributed by atoms with Crippen LogP contribution in [-0.4, -0.2) is 37.6 Å². The Balaban J connectivity index is 0.000000146. The average molecular weight is 193 g/mol. The number of benzene rings is 1. The van der Waals surface area contributed by atoms with Crippen molar-refractivity contribution in [2.24, 2.45) is 0 Å². The molecule has 1 saturated heterocycles. The van der Waals surface area contributed by atoms with Crippen molar-refractivity contribution in [1.29, 1.82) is 0 Å². The van der Waals surface area contributed by atoms with Crippen molar-refractivity contribution in [1.82, 2.24) is 4.90 Å². The van der Waals surface area contributed by atoms with E-state index in [9.17, 15) is 4.79 Å². The Hall–Kier alpha value is -1.35. The van der Waals surface area contributed by atoms with Crippen molar-refractivity contribution in [2.75, 3.05) is 26.3 Å². The van der Waals surface area contributed by atoms with E-state index in [2.05, 4.69) is 0 Å². The van der Waals surface area contributed by atoms with Crippen LogP contribution in [0.25, 0.3) is 0 Å². The molecule has 1 aromatic rings. The lowest BCUT2D eigenvalue weighted by Crippen LogP contribution is -2.34. The molecule has 1 aliphatic heterocycles. The average Bonchev–Trinajstić information content (AvgIpc) is 2.33. The molecule has 1 aromatic carbocycles. The smallest absolute Gasteiger partial charge is 0.209 e. The Bertz CT molecular complexity index is 206. The fourth-order valence-corrected chi connectivity index (χ4v) is 1.07. The van der Waals surface area contributed by atoms with Crippen LogP contribution >= 0.6 is 0 Å². The van der Waals surface area contributed by atoms with Crippen molar-refractivity contribution in [3.63, 3.8) is 0 Å². The lowest BCUT2D eigenvalue weighted by atomic mass is 10.4. The summed E-state index contributed by atoms with van der Waals surface area (Å²) in [7, 11) is 0. The van der Waals surface area contributed by atoms with E-state index in [1.54, 1.807) is 4.90 Å². The van der Waals surface area contributed by atoms with Gasteiger partial charge in [0.15, 0.2) is 0 Å². The minimum absolute atomic E-state index is 0.693. The number of carbonyl (C=O) groups excluding carboxylic acids is 1. The van der Waals surface area contributed by atoms with Crippen molar-refractivity contribution in [2.45, 2.75) is 0 Å². The predicted molar refractivity (Wildman–Crippen MR) is 54.9 cm³/mol. The molecule has 2 rings (SSSR count). The van der Waals surface area contributed by atoms with Gasteiger partial charge in [0.25, 0.3) is 0 Å². The van der Waals surface area contributed by atoms with Gasteiger partial charge in [0.05, 0.1) is 13.2 Å². The molecule has 0 saturated carbocycles. The molecule has 76 valence electrons. The Morgan fingerprint density at radius 1 is 0.929 bits per heavy atom. The first-order valence-electron chi connectivity index (χ1n) is 4.70. The fourth-order valence-electron chi connectivity index (χ4n) is 1.07. The minimum atomic E-state index is 0.693. The largest absolute Gasteiger partial charge is 0.378 e. The van der Waals surface area contributed by atoms with E-state index in [-0.39, 0.29) is 0 Å². The third-order valence-electron chi connectivity index (χ3n) is 1.86. The van der Waals surface area contributed by atoms with Gasteiger partial charge in [-0.2, -0.15) is 0 Å². The number of hydrogen-bond donors (Lipinski definition) is 0. The maximum absolute atomic E-state index is 10.0. The van der Waals surface area contributed by atoms with Crippen LogP contribution in [0.2, 0.25) is 0 Å². The first kappa shape index (κ1) is 10.7. The van der Waals surface area contributed by atoms with E-state index in [1.165, 1.54) is 0 Å². The molecule has 0 N–H and O–H groups in total. The van der Waals surface area contributed by atoms with Gasteiger partial charge in [-0.15, -0.1) is 0 Å². The predicted octanol–water partition coefficient (Wildman–Crippen LogP) is 1.16. The van der Waals surface area contributed by atoms with Crippen LogP contribution in [0.4, 0.5) is 0 Å². The zero-order valence-electron chi connectivity index (χ0n) is 8.13. The van der Waals surface area contributed by atoms with Crippen molar-refractivity contribution in [3.05, 3.63) is 36.4 Å². The molecular formula is C11H15NO2. The molecule has 0 atom stereocenters. The summed E-state index contributed by atoms with van der Waals surface area (Å²) in [5.41, 5.74) is 0. The Labute approximate surface area is 84.3 Å². The molecule has 3 nitrogen and oxygen atoms in total. The van der Waals surface area contributed by atoms with Gasteiger partial charge < -0.3 is 9.64 Å².